The van der Waals surface area contributed by atoms with Crippen molar-refractivity contribution in [1.29, 1.82) is 0 Å². The number of benzene rings is 1. The summed E-state index contributed by atoms with van der Waals surface area (Å²) in [6, 6.07) is 4.35. The lowest BCUT2D eigenvalue weighted by atomic mass is 10.1. The van der Waals surface area contributed by atoms with E-state index in [1.807, 2.05) is 13.8 Å². The van der Waals surface area contributed by atoms with Crippen molar-refractivity contribution in [2.45, 2.75) is 26.4 Å². The standard InChI is InChI=1S/C12H15ClN2O4/c1-8(2)14(7-12(16)17)6-9-3-4-10(13)5-11(9)15(18)19/h3-5,8H,6-7H2,1-2H3,(H,16,17). The van der Waals surface area contributed by atoms with Crippen molar-refractivity contribution < 1.29 is 14.8 Å². The zero-order chi connectivity index (χ0) is 14.6. The zero-order valence-corrected chi connectivity index (χ0v) is 11.4. The molecule has 1 rings (SSSR count). The van der Waals surface area contributed by atoms with E-state index in [-0.39, 0.29) is 29.8 Å². The number of nitro benzene ring substituents is 1. The minimum absolute atomic E-state index is 0.0358. The summed E-state index contributed by atoms with van der Waals surface area (Å²) in [4.78, 5) is 22.9. The van der Waals surface area contributed by atoms with Crippen LogP contribution in [0, 0.1) is 10.1 Å². The Morgan fingerprint density at radius 1 is 1.53 bits per heavy atom. The monoisotopic (exact) mass is 286 g/mol. The van der Waals surface area contributed by atoms with Gasteiger partial charge in [-0.15, -0.1) is 0 Å². The first kappa shape index (κ1) is 15.4. The second kappa shape index (κ2) is 6.49. The van der Waals surface area contributed by atoms with Crippen LogP contribution >= 0.6 is 11.6 Å². The summed E-state index contributed by atoms with van der Waals surface area (Å²) in [6.07, 6.45) is 0. The lowest BCUT2D eigenvalue weighted by Crippen LogP contribution is -2.35. The molecule has 6 nitrogen and oxygen atoms in total. The maximum absolute atomic E-state index is 11.0. The number of hydrogen-bond donors (Lipinski definition) is 1. The molecule has 1 aromatic carbocycles. The number of halogens is 1. The fraction of sp³-hybridized carbons (Fsp3) is 0.417. The van der Waals surface area contributed by atoms with E-state index in [0.29, 0.717) is 5.56 Å². The third-order valence-corrected chi connectivity index (χ3v) is 2.92. The summed E-state index contributed by atoms with van der Waals surface area (Å²) in [5.41, 5.74) is 0.355. The van der Waals surface area contributed by atoms with Crippen LogP contribution in [-0.4, -0.2) is 33.5 Å². The molecule has 0 aromatic heterocycles. The van der Waals surface area contributed by atoms with Gasteiger partial charge in [0, 0.05) is 29.2 Å². The SMILES string of the molecule is CC(C)N(CC(=O)O)Cc1ccc(Cl)cc1[N+](=O)[O-]. The molecule has 0 radical (unpaired) electrons. The van der Waals surface area contributed by atoms with Crippen LogP contribution in [0.1, 0.15) is 19.4 Å². The van der Waals surface area contributed by atoms with Crippen molar-refractivity contribution in [1.82, 2.24) is 4.90 Å². The topological polar surface area (TPSA) is 83.7 Å². The molecule has 0 aliphatic heterocycles. The molecule has 0 fully saturated rings. The molecule has 0 saturated heterocycles. The van der Waals surface area contributed by atoms with Crippen LogP contribution in [0.15, 0.2) is 18.2 Å². The van der Waals surface area contributed by atoms with Gasteiger partial charge in [-0.1, -0.05) is 11.6 Å². The van der Waals surface area contributed by atoms with Crippen LogP contribution in [0.25, 0.3) is 0 Å². The van der Waals surface area contributed by atoms with Crippen molar-refractivity contribution in [3.05, 3.63) is 38.9 Å². The van der Waals surface area contributed by atoms with Gasteiger partial charge in [-0.25, -0.2) is 0 Å². The van der Waals surface area contributed by atoms with Gasteiger partial charge in [0.05, 0.1) is 11.5 Å². The van der Waals surface area contributed by atoms with Gasteiger partial charge >= 0.3 is 5.97 Å². The molecule has 0 aliphatic carbocycles. The highest BCUT2D eigenvalue weighted by Gasteiger charge is 2.20. The first-order chi connectivity index (χ1) is 8.81. The number of aliphatic carboxylic acids is 1. The van der Waals surface area contributed by atoms with Crippen molar-refractivity contribution in [3.63, 3.8) is 0 Å². The van der Waals surface area contributed by atoms with Crippen molar-refractivity contribution in [2.75, 3.05) is 6.54 Å². The summed E-state index contributed by atoms with van der Waals surface area (Å²) < 4.78 is 0. The third kappa shape index (κ3) is 4.50. The van der Waals surface area contributed by atoms with Crippen LogP contribution in [0.5, 0.6) is 0 Å². The Balaban J connectivity index is 3.02. The highest BCUT2D eigenvalue weighted by molar-refractivity contribution is 6.30. The Kier molecular flexibility index (Phi) is 5.26. The Bertz CT molecular complexity index is 491. The molecule has 19 heavy (non-hydrogen) atoms. The Hall–Kier alpha value is -1.66. The summed E-state index contributed by atoms with van der Waals surface area (Å²) in [5, 5.41) is 20.1. The average molecular weight is 287 g/mol. The van der Waals surface area contributed by atoms with Gasteiger partial charge in [-0.2, -0.15) is 0 Å². The minimum Gasteiger partial charge on any atom is -0.480 e. The predicted molar refractivity (Wildman–Crippen MR) is 71.3 cm³/mol. The molecule has 1 N–H and O–H groups in total. The van der Waals surface area contributed by atoms with E-state index in [9.17, 15) is 14.9 Å². The molecule has 0 spiro atoms. The van der Waals surface area contributed by atoms with Crippen LogP contribution in [0.2, 0.25) is 5.02 Å². The normalized spacial score (nSPS) is 11.0. The molecule has 1 aromatic rings. The highest BCUT2D eigenvalue weighted by Crippen LogP contribution is 2.24. The number of nitro groups is 1. The molecule has 0 aliphatic rings. The van der Waals surface area contributed by atoms with E-state index in [1.54, 1.807) is 17.0 Å². The Labute approximate surface area is 115 Å². The number of nitrogens with zero attached hydrogens (tertiary/aromatic N) is 2. The van der Waals surface area contributed by atoms with Gasteiger partial charge in [-0.05, 0) is 26.0 Å². The van der Waals surface area contributed by atoms with Crippen molar-refractivity contribution >= 4 is 23.3 Å². The van der Waals surface area contributed by atoms with Crippen LogP contribution in [0.4, 0.5) is 5.69 Å². The van der Waals surface area contributed by atoms with Gasteiger partial charge in [0.15, 0.2) is 0 Å². The Morgan fingerprint density at radius 2 is 2.16 bits per heavy atom. The van der Waals surface area contributed by atoms with E-state index in [2.05, 4.69) is 0 Å². The molecule has 0 amide bonds. The Morgan fingerprint density at radius 3 is 2.63 bits per heavy atom. The van der Waals surface area contributed by atoms with Gasteiger partial charge < -0.3 is 5.11 Å². The van der Waals surface area contributed by atoms with Gasteiger partial charge in [0.2, 0.25) is 0 Å². The van der Waals surface area contributed by atoms with E-state index >= 15 is 0 Å². The molecular weight excluding hydrogens is 272 g/mol. The van der Waals surface area contributed by atoms with Crippen molar-refractivity contribution in [3.8, 4) is 0 Å². The quantitative estimate of drug-likeness (QED) is 0.642. The average Bonchev–Trinajstić information content (AvgIpc) is 2.29. The molecule has 0 bridgehead atoms. The fourth-order valence-electron chi connectivity index (χ4n) is 1.65. The van der Waals surface area contributed by atoms with Crippen LogP contribution in [0.3, 0.4) is 0 Å². The molecule has 0 unspecified atom stereocenters. The van der Waals surface area contributed by atoms with Gasteiger partial charge in [0.1, 0.15) is 0 Å². The lowest BCUT2D eigenvalue weighted by molar-refractivity contribution is -0.385. The number of carbonyl (C=O) groups is 1. The number of carboxylic acid groups (broad SMARTS) is 1. The predicted octanol–water partition coefficient (Wildman–Crippen LogP) is 2.54. The van der Waals surface area contributed by atoms with E-state index in [1.165, 1.54) is 6.07 Å². The summed E-state index contributed by atoms with van der Waals surface area (Å²) in [5.74, 6) is -0.967. The minimum atomic E-state index is -0.967. The zero-order valence-electron chi connectivity index (χ0n) is 10.7. The third-order valence-electron chi connectivity index (χ3n) is 2.69. The van der Waals surface area contributed by atoms with E-state index < -0.39 is 10.9 Å². The van der Waals surface area contributed by atoms with E-state index in [0.717, 1.165) is 0 Å². The van der Waals surface area contributed by atoms with Gasteiger partial charge in [-0.3, -0.25) is 19.8 Å². The largest absolute Gasteiger partial charge is 0.480 e. The molecular formula is C12H15ClN2O4. The van der Waals surface area contributed by atoms with E-state index in [4.69, 9.17) is 16.7 Å². The maximum atomic E-state index is 11.0. The second-order valence-electron chi connectivity index (χ2n) is 4.42. The molecule has 7 heteroatoms. The summed E-state index contributed by atoms with van der Waals surface area (Å²) >= 11 is 5.73. The number of rotatable bonds is 6. The first-order valence-corrected chi connectivity index (χ1v) is 6.07. The van der Waals surface area contributed by atoms with Crippen LogP contribution in [-0.2, 0) is 11.3 Å². The molecule has 0 atom stereocenters. The summed E-state index contributed by atoms with van der Waals surface area (Å²) in [6.45, 7) is 3.70. The highest BCUT2D eigenvalue weighted by atomic mass is 35.5. The van der Waals surface area contributed by atoms with Gasteiger partial charge in [0.25, 0.3) is 5.69 Å². The fourth-order valence-corrected chi connectivity index (χ4v) is 1.82. The summed E-state index contributed by atoms with van der Waals surface area (Å²) in [7, 11) is 0. The maximum Gasteiger partial charge on any atom is 0.317 e. The van der Waals surface area contributed by atoms with Crippen LogP contribution < -0.4 is 0 Å². The number of hydrogen-bond acceptors (Lipinski definition) is 4. The first-order valence-electron chi connectivity index (χ1n) is 5.70. The second-order valence-corrected chi connectivity index (χ2v) is 4.86. The lowest BCUT2D eigenvalue weighted by Gasteiger charge is -2.24. The smallest absolute Gasteiger partial charge is 0.317 e. The molecule has 0 saturated carbocycles. The molecule has 104 valence electrons. The molecule has 0 heterocycles. The number of carboxylic acids is 1. The van der Waals surface area contributed by atoms with Crippen molar-refractivity contribution in [2.24, 2.45) is 0 Å².